The molecular formula is C29H27ClFN3OS. The number of fused-ring (bicyclic) bond motifs is 3. The predicted molar refractivity (Wildman–Crippen MR) is 147 cm³/mol. The van der Waals surface area contributed by atoms with E-state index >= 15 is 0 Å². The van der Waals surface area contributed by atoms with Crippen molar-refractivity contribution in [2.75, 3.05) is 11.1 Å². The summed E-state index contributed by atoms with van der Waals surface area (Å²) < 4.78 is 13.5. The summed E-state index contributed by atoms with van der Waals surface area (Å²) in [6.45, 7) is 1.90. The van der Waals surface area contributed by atoms with Crippen molar-refractivity contribution < 1.29 is 9.18 Å². The largest absolute Gasteiger partial charge is 0.378 e. The molecule has 0 fully saturated rings. The van der Waals surface area contributed by atoms with Gasteiger partial charge in [-0.15, -0.1) is 11.8 Å². The lowest BCUT2D eigenvalue weighted by atomic mass is 9.76. The molecule has 5 rings (SSSR count). The van der Waals surface area contributed by atoms with E-state index in [4.69, 9.17) is 11.6 Å². The molecule has 2 N–H and O–H groups in total. The smallest absolute Gasteiger partial charge is 0.250 e. The number of hydrogen-bond donors (Lipinski definition) is 2. The topological polar surface area (TPSA) is 53.5 Å². The molecule has 4 nitrogen and oxygen atoms in total. The molecule has 0 spiro atoms. The standard InChI is InChI=1S/C29H27ClFN3OS/c1-18(33-34-28(35)17-36-16-21-5-2-3-8-26(21)30)20-11-14-27-25(15-20)23-6-4-7-24(23)29(32-27)19-9-12-22(31)13-10-19/h2-6,8-15,23-24,29,32H,7,16-17H2,1H3,(H,34,35)/b33-18-/t23-,24+,29+/m1/s1. The molecule has 3 aromatic carbocycles. The minimum Gasteiger partial charge on any atom is -0.378 e. The van der Waals surface area contributed by atoms with Crippen LogP contribution in [0.5, 0.6) is 0 Å². The molecule has 2 aliphatic rings. The molecule has 1 aliphatic carbocycles. The van der Waals surface area contributed by atoms with E-state index < -0.39 is 0 Å². The van der Waals surface area contributed by atoms with Crippen molar-refractivity contribution in [2.24, 2.45) is 11.0 Å². The van der Waals surface area contributed by atoms with Crippen LogP contribution in [0.3, 0.4) is 0 Å². The number of rotatable bonds is 7. The molecule has 1 aliphatic heterocycles. The van der Waals surface area contributed by atoms with Crippen LogP contribution < -0.4 is 10.7 Å². The lowest BCUT2D eigenvalue weighted by molar-refractivity contribution is -0.118. The van der Waals surface area contributed by atoms with E-state index in [9.17, 15) is 9.18 Å². The number of hydrazone groups is 1. The van der Waals surface area contributed by atoms with Crippen LogP contribution in [-0.4, -0.2) is 17.4 Å². The predicted octanol–water partition coefficient (Wildman–Crippen LogP) is 7.08. The zero-order valence-corrected chi connectivity index (χ0v) is 21.5. The zero-order chi connectivity index (χ0) is 25.1. The molecule has 36 heavy (non-hydrogen) atoms. The van der Waals surface area contributed by atoms with Crippen molar-refractivity contribution >= 4 is 40.7 Å². The number of nitrogens with one attached hydrogen (secondary N) is 2. The molecular weight excluding hydrogens is 493 g/mol. The number of carbonyl (C=O) groups excluding carboxylic acids is 1. The molecule has 0 aromatic heterocycles. The van der Waals surface area contributed by atoms with Crippen molar-refractivity contribution in [3.63, 3.8) is 0 Å². The Morgan fingerprint density at radius 2 is 1.97 bits per heavy atom. The van der Waals surface area contributed by atoms with Gasteiger partial charge >= 0.3 is 0 Å². The maximum Gasteiger partial charge on any atom is 0.250 e. The lowest BCUT2D eigenvalue weighted by Crippen LogP contribution is -2.29. The summed E-state index contributed by atoms with van der Waals surface area (Å²) in [5.74, 6) is 1.25. The van der Waals surface area contributed by atoms with Crippen LogP contribution >= 0.6 is 23.4 Å². The number of nitrogens with zero attached hydrogens (tertiary/aromatic N) is 1. The fourth-order valence-electron chi connectivity index (χ4n) is 4.93. The molecule has 0 radical (unpaired) electrons. The Morgan fingerprint density at radius 3 is 2.78 bits per heavy atom. The number of amides is 1. The van der Waals surface area contributed by atoms with Gasteiger partial charge in [0, 0.05) is 22.4 Å². The van der Waals surface area contributed by atoms with Crippen molar-refractivity contribution in [2.45, 2.75) is 31.1 Å². The van der Waals surface area contributed by atoms with E-state index in [2.05, 4.69) is 40.1 Å². The fraction of sp³-hybridized carbons (Fsp3) is 0.241. The molecule has 1 amide bonds. The Bertz CT molecular complexity index is 1320. The summed E-state index contributed by atoms with van der Waals surface area (Å²) in [4.78, 5) is 12.3. The highest BCUT2D eigenvalue weighted by atomic mass is 35.5. The van der Waals surface area contributed by atoms with Crippen LogP contribution in [0.2, 0.25) is 5.02 Å². The minimum atomic E-state index is -0.221. The number of halogens is 2. The quantitative estimate of drug-likeness (QED) is 0.199. The van der Waals surface area contributed by atoms with Gasteiger partial charge in [0.1, 0.15) is 5.82 Å². The minimum absolute atomic E-state index is 0.126. The SMILES string of the molecule is C/C(=N/NC(=O)CSCc1ccccc1Cl)c1ccc2c(c1)[C@@H]1C=CC[C@@H]1[C@H](c1ccc(F)cc1)N2. The second kappa shape index (κ2) is 10.9. The molecule has 184 valence electrons. The van der Waals surface area contributed by atoms with Crippen molar-refractivity contribution in [1.82, 2.24) is 5.43 Å². The average molecular weight is 520 g/mol. The summed E-state index contributed by atoms with van der Waals surface area (Å²) in [5, 5.41) is 8.74. The van der Waals surface area contributed by atoms with Crippen LogP contribution in [0.4, 0.5) is 10.1 Å². The molecule has 1 heterocycles. The maximum atomic E-state index is 13.5. The van der Waals surface area contributed by atoms with Crippen molar-refractivity contribution in [3.05, 3.63) is 112 Å². The van der Waals surface area contributed by atoms with Gasteiger partial charge < -0.3 is 5.32 Å². The van der Waals surface area contributed by atoms with Crippen LogP contribution in [-0.2, 0) is 10.5 Å². The third-order valence-corrected chi connectivity index (χ3v) is 8.16. The van der Waals surface area contributed by atoms with Crippen LogP contribution in [0, 0.1) is 11.7 Å². The first-order chi connectivity index (χ1) is 17.5. The maximum absolute atomic E-state index is 13.5. The van der Waals surface area contributed by atoms with Gasteiger partial charge in [-0.1, -0.05) is 60.2 Å². The van der Waals surface area contributed by atoms with Gasteiger partial charge in [-0.05, 0) is 71.8 Å². The van der Waals surface area contributed by atoms with E-state index in [0.29, 0.717) is 22.4 Å². The molecule has 0 saturated heterocycles. The summed E-state index contributed by atoms with van der Waals surface area (Å²) in [7, 11) is 0. The second-order valence-corrected chi connectivity index (χ2v) is 10.5. The lowest BCUT2D eigenvalue weighted by Gasteiger charge is -2.37. The number of benzene rings is 3. The van der Waals surface area contributed by atoms with E-state index in [1.54, 1.807) is 0 Å². The highest BCUT2D eigenvalue weighted by Crippen LogP contribution is 2.49. The molecule has 3 aromatic rings. The van der Waals surface area contributed by atoms with Crippen LogP contribution in [0.1, 0.15) is 47.6 Å². The summed E-state index contributed by atoms with van der Waals surface area (Å²) in [5.41, 5.74) is 8.81. The first-order valence-electron chi connectivity index (χ1n) is 12.0. The molecule has 7 heteroatoms. The van der Waals surface area contributed by atoms with E-state index in [-0.39, 0.29) is 23.7 Å². The van der Waals surface area contributed by atoms with Gasteiger partial charge in [0.05, 0.1) is 17.5 Å². The average Bonchev–Trinajstić information content (AvgIpc) is 3.39. The Balaban J connectivity index is 1.24. The third-order valence-electron chi connectivity index (χ3n) is 6.81. The molecule has 3 atom stereocenters. The zero-order valence-electron chi connectivity index (χ0n) is 19.9. The molecule has 0 bridgehead atoms. The monoisotopic (exact) mass is 519 g/mol. The number of hydrogen-bond acceptors (Lipinski definition) is 4. The van der Waals surface area contributed by atoms with E-state index in [1.165, 1.54) is 29.5 Å². The van der Waals surface area contributed by atoms with E-state index in [1.807, 2.05) is 49.4 Å². The number of anilines is 1. The van der Waals surface area contributed by atoms with Crippen LogP contribution in [0.25, 0.3) is 0 Å². The number of allylic oxidation sites excluding steroid dienone is 2. The van der Waals surface area contributed by atoms with Gasteiger partial charge in [0.2, 0.25) is 5.91 Å². The molecule has 0 saturated carbocycles. The van der Waals surface area contributed by atoms with Crippen LogP contribution in [0.15, 0.2) is 84.0 Å². The Kier molecular flexibility index (Phi) is 7.44. The first kappa shape index (κ1) is 24.6. The number of carbonyl (C=O) groups is 1. The van der Waals surface area contributed by atoms with Gasteiger partial charge in [0.25, 0.3) is 0 Å². The third kappa shape index (κ3) is 5.35. The second-order valence-electron chi connectivity index (χ2n) is 9.15. The fourth-order valence-corrected chi connectivity index (χ4v) is 6.04. The Hall–Kier alpha value is -3.09. The van der Waals surface area contributed by atoms with Crippen molar-refractivity contribution in [1.29, 1.82) is 0 Å². The normalized spacial score (nSPS) is 20.4. The Labute approximate surface area is 220 Å². The van der Waals surface area contributed by atoms with Gasteiger partial charge in [-0.25, -0.2) is 9.82 Å². The highest BCUT2D eigenvalue weighted by Gasteiger charge is 2.38. The summed E-state index contributed by atoms with van der Waals surface area (Å²) in [6, 6.07) is 20.8. The summed E-state index contributed by atoms with van der Waals surface area (Å²) >= 11 is 7.68. The van der Waals surface area contributed by atoms with Crippen molar-refractivity contribution in [3.8, 4) is 0 Å². The Morgan fingerprint density at radius 1 is 1.17 bits per heavy atom. The highest BCUT2D eigenvalue weighted by molar-refractivity contribution is 7.99. The summed E-state index contributed by atoms with van der Waals surface area (Å²) in [6.07, 6.45) is 5.48. The van der Waals surface area contributed by atoms with Gasteiger partial charge in [0.15, 0.2) is 0 Å². The van der Waals surface area contributed by atoms with Gasteiger partial charge in [-0.2, -0.15) is 5.10 Å². The molecule has 0 unspecified atom stereocenters. The first-order valence-corrected chi connectivity index (χ1v) is 13.5. The van der Waals surface area contributed by atoms with E-state index in [0.717, 1.165) is 34.5 Å². The van der Waals surface area contributed by atoms with Gasteiger partial charge in [-0.3, -0.25) is 4.79 Å². The number of thioether (sulfide) groups is 1.